The van der Waals surface area contributed by atoms with E-state index in [9.17, 15) is 4.57 Å². The quantitative estimate of drug-likeness (QED) is 0.684. The molecule has 0 unspecified atom stereocenters. The summed E-state index contributed by atoms with van der Waals surface area (Å²) < 4.78 is 20.1. The van der Waals surface area contributed by atoms with E-state index in [-0.39, 0.29) is 6.10 Å². The van der Waals surface area contributed by atoms with Crippen LogP contribution in [0.15, 0.2) is 30.3 Å². The Bertz CT molecular complexity index is 544. The van der Waals surface area contributed by atoms with E-state index in [0.29, 0.717) is 30.2 Å². The average molecular weight is 351 g/mol. The number of nitrogens with one attached hydrogen (secondary N) is 1. The van der Waals surface area contributed by atoms with E-state index in [4.69, 9.17) is 4.52 Å². The minimum atomic E-state index is -3.05. The van der Waals surface area contributed by atoms with Gasteiger partial charge in [-0.25, -0.2) is 5.09 Å². The van der Waals surface area contributed by atoms with Crippen LogP contribution < -0.4 is 10.4 Å². The highest BCUT2D eigenvalue weighted by atomic mass is 31.2. The lowest BCUT2D eigenvalue weighted by Gasteiger charge is -2.39. The molecule has 0 aliphatic heterocycles. The van der Waals surface area contributed by atoms with Crippen molar-refractivity contribution in [2.45, 2.75) is 60.0 Å². The Kier molecular flexibility index (Phi) is 7.10. The van der Waals surface area contributed by atoms with Crippen molar-refractivity contribution in [2.24, 2.45) is 23.7 Å². The van der Waals surface area contributed by atoms with Gasteiger partial charge >= 0.3 is 0 Å². The van der Waals surface area contributed by atoms with Crippen LogP contribution in [-0.2, 0) is 9.09 Å². The van der Waals surface area contributed by atoms with Crippen molar-refractivity contribution in [3.63, 3.8) is 0 Å². The summed E-state index contributed by atoms with van der Waals surface area (Å²) in [5.74, 6) is 2.10. The maximum Gasteiger partial charge on any atom is 0.299 e. The molecule has 0 heterocycles. The second-order valence-corrected chi connectivity index (χ2v) is 10.3. The van der Waals surface area contributed by atoms with Crippen molar-refractivity contribution in [3.05, 3.63) is 30.3 Å². The van der Waals surface area contributed by atoms with Crippen LogP contribution in [-0.4, -0.2) is 12.6 Å². The molecule has 1 saturated carbocycles. The molecule has 1 aromatic carbocycles. The van der Waals surface area contributed by atoms with Gasteiger partial charge < -0.3 is 4.52 Å². The van der Waals surface area contributed by atoms with Crippen molar-refractivity contribution >= 4 is 12.8 Å². The first-order chi connectivity index (χ1) is 11.3. The Morgan fingerprint density at radius 2 is 1.83 bits per heavy atom. The SMILES string of the molecule is CC(C)CN[P@@](=O)(O[C@@H]1C[C@H](C)CC[C@H]1C(C)C)c1ccccc1. The molecular formula is C20H34NO2P. The minimum Gasteiger partial charge on any atom is -0.311 e. The zero-order chi connectivity index (χ0) is 17.7. The number of hydrogen-bond acceptors (Lipinski definition) is 2. The molecule has 136 valence electrons. The van der Waals surface area contributed by atoms with Gasteiger partial charge in [-0.2, -0.15) is 0 Å². The van der Waals surface area contributed by atoms with Crippen LogP contribution in [0.4, 0.5) is 0 Å². The van der Waals surface area contributed by atoms with Gasteiger partial charge in [0.25, 0.3) is 7.52 Å². The topological polar surface area (TPSA) is 38.3 Å². The molecule has 3 nitrogen and oxygen atoms in total. The summed E-state index contributed by atoms with van der Waals surface area (Å²) in [6.07, 6.45) is 3.49. The summed E-state index contributed by atoms with van der Waals surface area (Å²) in [6, 6.07) is 9.67. The Hall–Kier alpha value is -0.630. The maximum atomic E-state index is 13.7. The van der Waals surface area contributed by atoms with E-state index in [0.717, 1.165) is 11.7 Å². The fraction of sp³-hybridized carbons (Fsp3) is 0.700. The largest absolute Gasteiger partial charge is 0.311 e. The van der Waals surface area contributed by atoms with E-state index in [1.165, 1.54) is 12.8 Å². The van der Waals surface area contributed by atoms with Crippen LogP contribution in [0, 0.1) is 23.7 Å². The number of rotatable bonds is 7. The molecule has 0 bridgehead atoms. The lowest BCUT2D eigenvalue weighted by atomic mass is 9.75. The molecule has 0 spiro atoms. The zero-order valence-electron chi connectivity index (χ0n) is 15.9. The van der Waals surface area contributed by atoms with Crippen LogP contribution in [0.1, 0.15) is 53.9 Å². The van der Waals surface area contributed by atoms with E-state index in [2.05, 4.69) is 39.7 Å². The van der Waals surface area contributed by atoms with Crippen LogP contribution in [0.2, 0.25) is 0 Å². The normalized spacial score (nSPS) is 27.4. The first-order valence-electron chi connectivity index (χ1n) is 9.41. The first kappa shape index (κ1) is 19.7. The highest BCUT2D eigenvalue weighted by Crippen LogP contribution is 2.48. The molecule has 0 aromatic heterocycles. The lowest BCUT2D eigenvalue weighted by molar-refractivity contribution is 0.0482. The van der Waals surface area contributed by atoms with Gasteiger partial charge in [0.15, 0.2) is 0 Å². The predicted molar refractivity (Wildman–Crippen MR) is 103 cm³/mol. The molecule has 1 aliphatic carbocycles. The smallest absolute Gasteiger partial charge is 0.299 e. The molecule has 1 aliphatic rings. The molecule has 1 aromatic rings. The van der Waals surface area contributed by atoms with Crippen LogP contribution in [0.5, 0.6) is 0 Å². The van der Waals surface area contributed by atoms with Crippen molar-refractivity contribution < 1.29 is 9.09 Å². The number of hydrogen-bond donors (Lipinski definition) is 1. The van der Waals surface area contributed by atoms with Crippen LogP contribution in [0.25, 0.3) is 0 Å². The van der Waals surface area contributed by atoms with Crippen LogP contribution in [0.3, 0.4) is 0 Å². The van der Waals surface area contributed by atoms with E-state index in [1.807, 2.05) is 30.3 Å². The van der Waals surface area contributed by atoms with Gasteiger partial charge in [0.1, 0.15) is 0 Å². The summed E-state index contributed by atoms with van der Waals surface area (Å²) in [4.78, 5) is 0. The van der Waals surface area contributed by atoms with Gasteiger partial charge in [-0.1, -0.05) is 59.2 Å². The van der Waals surface area contributed by atoms with E-state index < -0.39 is 7.52 Å². The fourth-order valence-corrected chi connectivity index (χ4v) is 5.72. The van der Waals surface area contributed by atoms with Crippen molar-refractivity contribution in [1.29, 1.82) is 0 Å². The molecule has 2 rings (SSSR count). The van der Waals surface area contributed by atoms with Gasteiger partial charge in [-0.15, -0.1) is 0 Å². The second kappa shape index (κ2) is 8.65. The fourth-order valence-electron chi connectivity index (χ4n) is 3.54. The van der Waals surface area contributed by atoms with Gasteiger partial charge in [0.2, 0.25) is 0 Å². The van der Waals surface area contributed by atoms with Gasteiger partial charge in [0.05, 0.1) is 11.4 Å². The zero-order valence-corrected chi connectivity index (χ0v) is 16.8. The molecular weight excluding hydrogens is 317 g/mol. The maximum absolute atomic E-state index is 13.7. The summed E-state index contributed by atoms with van der Waals surface area (Å²) in [5, 5.41) is 4.05. The van der Waals surface area contributed by atoms with Crippen molar-refractivity contribution in [2.75, 3.05) is 6.54 Å². The van der Waals surface area contributed by atoms with E-state index >= 15 is 0 Å². The molecule has 24 heavy (non-hydrogen) atoms. The first-order valence-corrected chi connectivity index (χ1v) is 11.0. The van der Waals surface area contributed by atoms with Crippen molar-refractivity contribution in [1.82, 2.24) is 5.09 Å². The Labute approximate surface area is 148 Å². The molecule has 0 amide bonds. The molecule has 1 N–H and O–H groups in total. The summed E-state index contributed by atoms with van der Waals surface area (Å²) in [7, 11) is -3.05. The Balaban J connectivity index is 2.24. The lowest BCUT2D eigenvalue weighted by Crippen LogP contribution is -2.37. The summed E-state index contributed by atoms with van der Waals surface area (Å²) >= 11 is 0. The Morgan fingerprint density at radius 1 is 1.17 bits per heavy atom. The highest BCUT2D eigenvalue weighted by molar-refractivity contribution is 7.65. The van der Waals surface area contributed by atoms with Gasteiger partial charge in [-0.05, 0) is 48.6 Å². The summed E-state index contributed by atoms with van der Waals surface area (Å²) in [6.45, 7) is 11.7. The second-order valence-electron chi connectivity index (χ2n) is 8.11. The number of benzene rings is 1. The highest BCUT2D eigenvalue weighted by Gasteiger charge is 2.37. The molecule has 4 heteroatoms. The van der Waals surface area contributed by atoms with Crippen molar-refractivity contribution in [3.8, 4) is 0 Å². The third kappa shape index (κ3) is 5.18. The van der Waals surface area contributed by atoms with Crippen LogP contribution >= 0.6 is 7.52 Å². The standard InChI is InChI=1S/C20H34NO2P/c1-15(2)14-21-24(22,18-9-7-6-8-10-18)23-20-13-17(5)11-12-19(20)16(3)4/h6-10,15-17,19-20H,11-14H2,1-5H3,(H,21,22)/t17-,19+,20-,24+/m1/s1. The average Bonchev–Trinajstić information content (AvgIpc) is 2.53. The predicted octanol–water partition coefficient (Wildman–Crippen LogP) is 5.23. The third-order valence-corrected chi connectivity index (χ3v) is 7.19. The monoisotopic (exact) mass is 351 g/mol. The molecule has 0 saturated heterocycles. The Morgan fingerprint density at radius 3 is 2.42 bits per heavy atom. The van der Waals surface area contributed by atoms with Gasteiger partial charge in [-0.3, -0.25) is 4.57 Å². The minimum absolute atomic E-state index is 0.0689. The van der Waals surface area contributed by atoms with E-state index in [1.54, 1.807) is 0 Å². The third-order valence-electron chi connectivity index (χ3n) is 5.05. The molecule has 1 fully saturated rings. The molecule has 0 radical (unpaired) electrons. The van der Waals surface area contributed by atoms with Gasteiger partial charge in [0, 0.05) is 6.54 Å². The summed E-state index contributed by atoms with van der Waals surface area (Å²) in [5.41, 5.74) is 0. The molecule has 4 atom stereocenters.